The van der Waals surface area contributed by atoms with E-state index in [2.05, 4.69) is 5.32 Å². The van der Waals surface area contributed by atoms with Crippen LogP contribution in [0.25, 0.3) is 0 Å². The van der Waals surface area contributed by atoms with Gasteiger partial charge in [-0.05, 0) is 25.0 Å². The standard InChI is InChI=1S/C14H15F3N2O5S/c15-14(16,17)25(22,23)11-1-2-12(13(9-11)19(20)21)18-6-3-10-4-7-24-8-5-10/h1-2,4,9,18H,3,5-8H2. The first-order valence-electron chi connectivity index (χ1n) is 7.22. The molecule has 11 heteroatoms. The highest BCUT2D eigenvalue weighted by Crippen LogP contribution is 2.34. The zero-order valence-corrected chi connectivity index (χ0v) is 13.7. The summed E-state index contributed by atoms with van der Waals surface area (Å²) in [6.07, 6.45) is 3.23. The van der Waals surface area contributed by atoms with Gasteiger partial charge in [0, 0.05) is 12.6 Å². The summed E-state index contributed by atoms with van der Waals surface area (Å²) in [5, 5.41) is 13.8. The molecule has 0 saturated carbocycles. The number of nitro groups is 1. The molecule has 0 fully saturated rings. The van der Waals surface area contributed by atoms with Crippen molar-refractivity contribution in [3.8, 4) is 0 Å². The Kier molecular flexibility index (Phi) is 5.68. The van der Waals surface area contributed by atoms with Crippen LogP contribution in [0.3, 0.4) is 0 Å². The fourth-order valence-electron chi connectivity index (χ4n) is 2.26. The van der Waals surface area contributed by atoms with Gasteiger partial charge in [-0.3, -0.25) is 10.1 Å². The van der Waals surface area contributed by atoms with Gasteiger partial charge in [0.1, 0.15) is 5.69 Å². The maximum atomic E-state index is 12.6. The molecule has 1 aliphatic rings. The first-order valence-corrected chi connectivity index (χ1v) is 8.70. The van der Waals surface area contributed by atoms with E-state index in [9.17, 15) is 31.7 Å². The molecule has 0 amide bonds. The lowest BCUT2D eigenvalue weighted by Gasteiger charge is -2.14. The summed E-state index contributed by atoms with van der Waals surface area (Å²) in [7, 11) is -5.64. The minimum Gasteiger partial charge on any atom is -0.379 e. The lowest BCUT2D eigenvalue weighted by molar-refractivity contribution is -0.384. The van der Waals surface area contributed by atoms with E-state index in [4.69, 9.17) is 4.74 Å². The Morgan fingerprint density at radius 3 is 2.60 bits per heavy atom. The van der Waals surface area contributed by atoms with E-state index in [1.54, 1.807) is 0 Å². The van der Waals surface area contributed by atoms with Crippen LogP contribution in [-0.4, -0.2) is 38.6 Å². The summed E-state index contributed by atoms with van der Waals surface area (Å²) in [4.78, 5) is 8.99. The summed E-state index contributed by atoms with van der Waals surface area (Å²) >= 11 is 0. The van der Waals surface area contributed by atoms with E-state index in [1.807, 2.05) is 6.08 Å². The number of nitro benzene ring substituents is 1. The molecule has 1 aromatic rings. The zero-order valence-electron chi connectivity index (χ0n) is 12.9. The van der Waals surface area contributed by atoms with E-state index in [0.29, 0.717) is 38.3 Å². The second-order valence-electron chi connectivity index (χ2n) is 5.25. The van der Waals surface area contributed by atoms with Crippen molar-refractivity contribution in [2.45, 2.75) is 23.2 Å². The maximum Gasteiger partial charge on any atom is 0.501 e. The molecule has 0 aromatic heterocycles. The first kappa shape index (κ1) is 19.2. The summed E-state index contributed by atoms with van der Waals surface area (Å²) in [5.41, 5.74) is -5.19. The van der Waals surface area contributed by atoms with Crippen LogP contribution in [0.1, 0.15) is 12.8 Å². The van der Waals surface area contributed by atoms with E-state index in [0.717, 1.165) is 18.1 Å². The quantitative estimate of drug-likeness (QED) is 0.463. The number of hydrogen-bond acceptors (Lipinski definition) is 6. The van der Waals surface area contributed by atoms with E-state index < -0.39 is 30.9 Å². The highest BCUT2D eigenvalue weighted by molar-refractivity contribution is 7.92. The van der Waals surface area contributed by atoms with Crippen molar-refractivity contribution in [3.05, 3.63) is 40.0 Å². The molecule has 7 nitrogen and oxygen atoms in total. The third-order valence-electron chi connectivity index (χ3n) is 3.60. The molecule has 0 atom stereocenters. The number of alkyl halides is 3. The Bertz CT molecular complexity index is 790. The Labute approximate surface area is 141 Å². The number of sulfone groups is 1. The Morgan fingerprint density at radius 1 is 1.32 bits per heavy atom. The number of ether oxygens (including phenoxy) is 1. The molecule has 0 radical (unpaired) electrons. The minimum atomic E-state index is -5.64. The number of nitrogens with zero attached hydrogens (tertiary/aromatic N) is 1. The van der Waals surface area contributed by atoms with Crippen molar-refractivity contribution >= 4 is 21.2 Å². The van der Waals surface area contributed by atoms with Crippen LogP contribution < -0.4 is 5.32 Å². The summed E-state index contributed by atoms with van der Waals surface area (Å²) in [6, 6.07) is 2.08. The number of benzene rings is 1. The van der Waals surface area contributed by atoms with Crippen LogP contribution in [0, 0.1) is 10.1 Å². The number of rotatable bonds is 6. The van der Waals surface area contributed by atoms with Crippen molar-refractivity contribution < 1.29 is 31.2 Å². The Balaban J connectivity index is 2.19. The molecule has 0 spiro atoms. The fourth-order valence-corrected chi connectivity index (χ4v) is 3.04. The van der Waals surface area contributed by atoms with Crippen molar-refractivity contribution in [2.24, 2.45) is 0 Å². The Hall–Kier alpha value is -2.14. The van der Waals surface area contributed by atoms with Gasteiger partial charge in [0.05, 0.1) is 23.0 Å². The molecule has 1 aliphatic heterocycles. The van der Waals surface area contributed by atoms with E-state index in [-0.39, 0.29) is 5.69 Å². The lowest BCUT2D eigenvalue weighted by Crippen LogP contribution is -2.23. The first-order chi connectivity index (χ1) is 11.6. The van der Waals surface area contributed by atoms with Gasteiger partial charge in [0.25, 0.3) is 15.5 Å². The molecule has 0 unspecified atom stereocenters. The lowest BCUT2D eigenvalue weighted by atomic mass is 10.1. The maximum absolute atomic E-state index is 12.6. The number of hydrogen-bond donors (Lipinski definition) is 1. The predicted octanol–water partition coefficient (Wildman–Crippen LogP) is 3.04. The van der Waals surface area contributed by atoms with Gasteiger partial charge >= 0.3 is 5.51 Å². The Morgan fingerprint density at radius 2 is 2.04 bits per heavy atom. The SMILES string of the molecule is O=[N+]([O-])c1cc(S(=O)(=O)C(F)(F)F)ccc1NCCC1=CCOCC1. The van der Waals surface area contributed by atoms with Crippen LogP contribution in [0.2, 0.25) is 0 Å². The van der Waals surface area contributed by atoms with Crippen LogP contribution in [0.5, 0.6) is 0 Å². The molecular weight excluding hydrogens is 365 g/mol. The third-order valence-corrected chi connectivity index (χ3v) is 5.08. The van der Waals surface area contributed by atoms with Crippen LogP contribution >= 0.6 is 0 Å². The van der Waals surface area contributed by atoms with Gasteiger partial charge in [0.15, 0.2) is 0 Å². The molecule has 0 aliphatic carbocycles. The highest BCUT2D eigenvalue weighted by atomic mass is 32.2. The van der Waals surface area contributed by atoms with Crippen molar-refractivity contribution in [3.63, 3.8) is 0 Å². The minimum absolute atomic E-state index is 0.0428. The van der Waals surface area contributed by atoms with Crippen LogP contribution in [0.4, 0.5) is 24.5 Å². The topological polar surface area (TPSA) is 98.5 Å². The number of anilines is 1. The van der Waals surface area contributed by atoms with Crippen LogP contribution in [-0.2, 0) is 14.6 Å². The van der Waals surface area contributed by atoms with Gasteiger partial charge < -0.3 is 10.1 Å². The molecule has 2 rings (SSSR count). The molecule has 138 valence electrons. The van der Waals surface area contributed by atoms with Crippen molar-refractivity contribution in [2.75, 3.05) is 25.1 Å². The average Bonchev–Trinajstić information content (AvgIpc) is 2.54. The molecular formula is C14H15F3N2O5S. The highest BCUT2D eigenvalue weighted by Gasteiger charge is 2.47. The van der Waals surface area contributed by atoms with Gasteiger partial charge in [0.2, 0.25) is 0 Å². The van der Waals surface area contributed by atoms with Crippen molar-refractivity contribution in [1.82, 2.24) is 0 Å². The summed E-state index contributed by atoms with van der Waals surface area (Å²) in [5.74, 6) is 0. The monoisotopic (exact) mass is 380 g/mol. The molecule has 1 aromatic carbocycles. The molecule has 0 saturated heterocycles. The summed E-state index contributed by atoms with van der Waals surface area (Å²) in [6.45, 7) is 1.41. The van der Waals surface area contributed by atoms with Gasteiger partial charge in [-0.1, -0.05) is 11.6 Å². The van der Waals surface area contributed by atoms with Gasteiger partial charge in [-0.25, -0.2) is 8.42 Å². The van der Waals surface area contributed by atoms with Gasteiger partial charge in [-0.15, -0.1) is 0 Å². The molecule has 25 heavy (non-hydrogen) atoms. The predicted molar refractivity (Wildman–Crippen MR) is 83.0 cm³/mol. The third kappa shape index (κ3) is 4.48. The van der Waals surface area contributed by atoms with E-state index in [1.165, 1.54) is 0 Å². The second-order valence-corrected chi connectivity index (χ2v) is 7.19. The smallest absolute Gasteiger partial charge is 0.379 e. The number of nitrogens with one attached hydrogen (secondary N) is 1. The fraction of sp³-hybridized carbons (Fsp3) is 0.429. The van der Waals surface area contributed by atoms with Crippen molar-refractivity contribution in [1.29, 1.82) is 0 Å². The van der Waals surface area contributed by atoms with Crippen LogP contribution in [0.15, 0.2) is 34.7 Å². The van der Waals surface area contributed by atoms with Gasteiger partial charge in [-0.2, -0.15) is 13.2 Å². The normalized spacial score (nSPS) is 15.6. The second kappa shape index (κ2) is 7.40. The molecule has 0 bridgehead atoms. The summed E-state index contributed by atoms with van der Waals surface area (Å²) < 4.78 is 65.6. The zero-order chi connectivity index (χ0) is 18.7. The number of halogens is 3. The molecule has 1 N–H and O–H groups in total. The van der Waals surface area contributed by atoms with E-state index >= 15 is 0 Å². The largest absolute Gasteiger partial charge is 0.501 e. The molecule has 1 heterocycles. The average molecular weight is 380 g/mol.